The van der Waals surface area contributed by atoms with Crippen LogP contribution < -0.4 is 20.4 Å². The minimum absolute atomic E-state index is 0.177. The lowest BCUT2D eigenvalue weighted by Crippen LogP contribution is -2.36. The lowest BCUT2D eigenvalue weighted by Gasteiger charge is -2.29. The summed E-state index contributed by atoms with van der Waals surface area (Å²) in [5.74, 6) is -0.121. The van der Waals surface area contributed by atoms with Crippen LogP contribution in [0, 0.1) is 0 Å². The lowest BCUT2D eigenvalue weighted by atomic mass is 10.1. The predicted octanol–water partition coefficient (Wildman–Crippen LogP) is 2.84. The molecule has 0 atom stereocenters. The zero-order valence-corrected chi connectivity index (χ0v) is 18.9. The van der Waals surface area contributed by atoms with Crippen molar-refractivity contribution in [1.82, 2.24) is 10.5 Å². The van der Waals surface area contributed by atoms with E-state index in [2.05, 4.69) is 15.2 Å². The molecule has 2 heterocycles. The highest BCUT2D eigenvalue weighted by Gasteiger charge is 2.20. The third kappa shape index (κ3) is 5.48. The molecule has 10 heteroatoms. The van der Waals surface area contributed by atoms with Gasteiger partial charge in [-0.05, 0) is 29.3 Å². The molecule has 0 bridgehead atoms. The first-order valence-electron chi connectivity index (χ1n) is 10.4. The first-order chi connectivity index (χ1) is 16.1. The average Bonchev–Trinajstić information content (AvgIpc) is 3.26. The van der Waals surface area contributed by atoms with Crippen LogP contribution in [0.3, 0.4) is 0 Å². The molecule has 9 nitrogen and oxygen atoms in total. The Labute approximate surface area is 194 Å². The number of nitrogens with zero attached hydrogens (tertiary/aromatic N) is 2. The molecule has 3 aromatic rings. The van der Waals surface area contributed by atoms with Crippen LogP contribution in [0.25, 0.3) is 16.3 Å². The highest BCUT2D eigenvalue weighted by atomic mass is 32.1. The summed E-state index contributed by atoms with van der Waals surface area (Å²) in [7, 11) is 1.61. The van der Waals surface area contributed by atoms with Crippen LogP contribution in [0.2, 0.25) is 0 Å². The van der Waals surface area contributed by atoms with E-state index in [4.69, 9.17) is 14.7 Å². The second-order valence-corrected chi connectivity index (χ2v) is 8.36. The molecule has 1 fully saturated rings. The zero-order valence-electron chi connectivity index (χ0n) is 18.0. The standard InChI is InChI=1S/C23H24N4O5S/c1-31-18-8-7-17(27-10-12-32-13-11-27)22-21(18)25-23(33-22)24-20(29)14-16-4-2-15(3-5-16)6-9-19(28)26-30/h2-9,30H,10-14H2,1H3,(H,26,28)(H,24,25,29)/b9-6+. The number of carbonyl (C=O) groups excluding carboxylic acids is 2. The van der Waals surface area contributed by atoms with Gasteiger partial charge in [0.2, 0.25) is 5.91 Å². The summed E-state index contributed by atoms with van der Waals surface area (Å²) in [6, 6.07) is 11.1. The zero-order chi connectivity index (χ0) is 23.2. The van der Waals surface area contributed by atoms with Crippen molar-refractivity contribution < 1.29 is 24.3 Å². The molecule has 4 rings (SSSR count). The van der Waals surface area contributed by atoms with Crippen LogP contribution in [0.15, 0.2) is 42.5 Å². The van der Waals surface area contributed by atoms with Gasteiger partial charge in [0.1, 0.15) is 11.3 Å². The minimum atomic E-state index is -0.609. The van der Waals surface area contributed by atoms with Gasteiger partial charge in [-0.25, -0.2) is 10.5 Å². The SMILES string of the molecule is COc1ccc(N2CCOCC2)c2sc(NC(=O)Cc3ccc(/C=C/C(=O)NO)cc3)nc12. The third-order valence-corrected chi connectivity index (χ3v) is 6.18. The molecule has 3 N–H and O–H groups in total. The Morgan fingerprint density at radius 1 is 1.21 bits per heavy atom. The Hall–Kier alpha value is -3.47. The van der Waals surface area contributed by atoms with Crippen molar-refractivity contribution in [3.05, 3.63) is 53.6 Å². The first kappa shape index (κ1) is 22.7. The summed E-state index contributed by atoms with van der Waals surface area (Å²) in [6.07, 6.45) is 2.97. The number of ether oxygens (including phenoxy) is 2. The molecule has 1 aliphatic rings. The number of amides is 2. The Morgan fingerprint density at radius 2 is 1.97 bits per heavy atom. The van der Waals surface area contributed by atoms with E-state index in [1.807, 2.05) is 24.3 Å². The summed E-state index contributed by atoms with van der Waals surface area (Å²) in [4.78, 5) is 30.6. The van der Waals surface area contributed by atoms with Crippen molar-refractivity contribution in [2.45, 2.75) is 6.42 Å². The monoisotopic (exact) mass is 468 g/mol. The fraction of sp³-hybridized carbons (Fsp3) is 0.261. The van der Waals surface area contributed by atoms with Crippen molar-refractivity contribution in [3.63, 3.8) is 0 Å². The number of carbonyl (C=O) groups is 2. The molecule has 0 spiro atoms. The fourth-order valence-corrected chi connectivity index (χ4v) is 4.59. The molecule has 2 amide bonds. The molecule has 1 aromatic heterocycles. The van der Waals surface area contributed by atoms with Crippen LogP contribution in [-0.2, 0) is 20.7 Å². The molecule has 0 radical (unpaired) electrons. The van der Waals surface area contributed by atoms with Gasteiger partial charge in [0.15, 0.2) is 5.13 Å². The number of methoxy groups -OCH3 is 1. The summed E-state index contributed by atoms with van der Waals surface area (Å²) < 4.78 is 11.9. The molecule has 0 saturated carbocycles. The van der Waals surface area contributed by atoms with E-state index >= 15 is 0 Å². The topological polar surface area (TPSA) is 113 Å². The van der Waals surface area contributed by atoms with Gasteiger partial charge in [-0.3, -0.25) is 14.8 Å². The number of rotatable bonds is 7. The van der Waals surface area contributed by atoms with Crippen molar-refractivity contribution in [3.8, 4) is 5.75 Å². The number of nitrogens with one attached hydrogen (secondary N) is 2. The van der Waals surface area contributed by atoms with E-state index in [1.165, 1.54) is 22.9 Å². The summed E-state index contributed by atoms with van der Waals surface area (Å²) in [5, 5.41) is 11.9. The largest absolute Gasteiger partial charge is 0.494 e. The number of benzene rings is 2. The molecule has 0 unspecified atom stereocenters. The summed E-state index contributed by atoms with van der Waals surface area (Å²) in [5.41, 5.74) is 4.92. The highest BCUT2D eigenvalue weighted by Crippen LogP contribution is 2.39. The number of anilines is 2. The first-order valence-corrected chi connectivity index (χ1v) is 11.2. The lowest BCUT2D eigenvalue weighted by molar-refractivity contribution is -0.124. The van der Waals surface area contributed by atoms with Gasteiger partial charge in [0.05, 0.1) is 37.1 Å². The van der Waals surface area contributed by atoms with Gasteiger partial charge in [0, 0.05) is 19.2 Å². The maximum atomic E-state index is 12.6. The number of aromatic nitrogens is 1. The number of hydrogen-bond donors (Lipinski definition) is 3. The average molecular weight is 469 g/mol. The molecule has 2 aromatic carbocycles. The summed E-state index contributed by atoms with van der Waals surface area (Å²) in [6.45, 7) is 2.96. The van der Waals surface area contributed by atoms with Crippen molar-refractivity contribution in [2.75, 3.05) is 43.6 Å². The predicted molar refractivity (Wildman–Crippen MR) is 127 cm³/mol. The summed E-state index contributed by atoms with van der Waals surface area (Å²) >= 11 is 1.43. The van der Waals surface area contributed by atoms with E-state index in [0.717, 1.165) is 40.1 Å². The number of fused-ring (bicyclic) bond motifs is 1. The van der Waals surface area contributed by atoms with Crippen LogP contribution in [0.4, 0.5) is 10.8 Å². The highest BCUT2D eigenvalue weighted by molar-refractivity contribution is 7.23. The van der Waals surface area contributed by atoms with Gasteiger partial charge in [0.25, 0.3) is 5.91 Å². The van der Waals surface area contributed by atoms with Crippen LogP contribution in [-0.4, -0.2) is 55.4 Å². The maximum Gasteiger partial charge on any atom is 0.267 e. The molecular formula is C23H24N4O5S. The Balaban J connectivity index is 1.47. The van der Waals surface area contributed by atoms with Crippen LogP contribution in [0.5, 0.6) is 5.75 Å². The Bertz CT molecular complexity index is 1170. The van der Waals surface area contributed by atoms with Gasteiger partial charge >= 0.3 is 0 Å². The fourth-order valence-electron chi connectivity index (χ4n) is 3.55. The van der Waals surface area contributed by atoms with Crippen molar-refractivity contribution in [1.29, 1.82) is 0 Å². The van der Waals surface area contributed by atoms with E-state index in [9.17, 15) is 9.59 Å². The number of thiazole rings is 1. The van der Waals surface area contributed by atoms with Crippen LogP contribution >= 0.6 is 11.3 Å². The van der Waals surface area contributed by atoms with Crippen molar-refractivity contribution in [2.24, 2.45) is 0 Å². The number of morpholine rings is 1. The van der Waals surface area contributed by atoms with Gasteiger partial charge in [-0.2, -0.15) is 0 Å². The van der Waals surface area contributed by atoms with Crippen molar-refractivity contribution >= 4 is 50.3 Å². The molecular weight excluding hydrogens is 444 g/mol. The van der Waals surface area contributed by atoms with E-state index in [-0.39, 0.29) is 12.3 Å². The second kappa shape index (κ2) is 10.4. The Kier molecular flexibility index (Phi) is 7.18. The molecule has 33 heavy (non-hydrogen) atoms. The van der Waals surface area contributed by atoms with Gasteiger partial charge in [-0.1, -0.05) is 35.6 Å². The quantitative estimate of drug-likeness (QED) is 0.278. The smallest absolute Gasteiger partial charge is 0.267 e. The maximum absolute atomic E-state index is 12.6. The van der Waals surface area contributed by atoms with E-state index in [1.54, 1.807) is 25.3 Å². The minimum Gasteiger partial charge on any atom is -0.494 e. The Morgan fingerprint density at radius 3 is 2.67 bits per heavy atom. The second-order valence-electron chi connectivity index (χ2n) is 7.36. The van der Waals surface area contributed by atoms with Gasteiger partial charge < -0.3 is 19.7 Å². The van der Waals surface area contributed by atoms with Crippen LogP contribution in [0.1, 0.15) is 11.1 Å². The molecule has 0 aliphatic carbocycles. The number of hydroxylamine groups is 1. The van der Waals surface area contributed by atoms with E-state index < -0.39 is 5.91 Å². The number of hydrogen-bond acceptors (Lipinski definition) is 8. The molecule has 1 saturated heterocycles. The van der Waals surface area contributed by atoms with E-state index in [0.29, 0.717) is 24.1 Å². The molecule has 172 valence electrons. The molecule has 1 aliphatic heterocycles. The third-order valence-electron chi connectivity index (χ3n) is 5.19. The normalized spacial score (nSPS) is 13.9. The van der Waals surface area contributed by atoms with Gasteiger partial charge in [-0.15, -0.1) is 0 Å².